The van der Waals surface area contributed by atoms with Crippen LogP contribution >= 0.6 is 0 Å². The molecule has 5 heteroatoms. The molecule has 1 atom stereocenters. The Hall–Kier alpha value is -1.26. The number of carbonyl (C=O) groups excluding carboxylic acids is 1. The van der Waals surface area contributed by atoms with Gasteiger partial charge < -0.3 is 16.0 Å². The summed E-state index contributed by atoms with van der Waals surface area (Å²) >= 11 is 0. The van der Waals surface area contributed by atoms with Crippen molar-refractivity contribution in [2.45, 2.75) is 72.3 Å². The molecular formula is C16H34N4O. The molecule has 1 amide bonds. The van der Waals surface area contributed by atoms with Crippen LogP contribution in [0.3, 0.4) is 0 Å². The first-order chi connectivity index (χ1) is 10.1. The highest BCUT2D eigenvalue weighted by atomic mass is 16.1. The van der Waals surface area contributed by atoms with E-state index in [1.165, 1.54) is 25.7 Å². The van der Waals surface area contributed by atoms with Crippen molar-refractivity contribution in [1.82, 2.24) is 16.0 Å². The Morgan fingerprint density at radius 2 is 1.81 bits per heavy atom. The van der Waals surface area contributed by atoms with Gasteiger partial charge in [-0.05, 0) is 26.7 Å². The number of unbranched alkanes of at least 4 members (excludes halogenated alkanes) is 3. The van der Waals surface area contributed by atoms with Crippen LogP contribution in [0.25, 0.3) is 0 Å². The average Bonchev–Trinajstić information content (AvgIpc) is 2.47. The van der Waals surface area contributed by atoms with Crippen molar-refractivity contribution >= 4 is 11.9 Å². The Kier molecular flexibility index (Phi) is 12.9. The summed E-state index contributed by atoms with van der Waals surface area (Å²) in [5.41, 5.74) is 0. The molecule has 0 fully saturated rings. The summed E-state index contributed by atoms with van der Waals surface area (Å²) in [6.45, 7) is 10.1. The molecule has 1 unspecified atom stereocenters. The lowest BCUT2D eigenvalue weighted by atomic mass is 10.1. The zero-order valence-corrected chi connectivity index (χ0v) is 14.3. The maximum Gasteiger partial charge on any atom is 0.241 e. The maximum absolute atomic E-state index is 11.6. The number of aliphatic imine (C=N–C) groups is 1. The molecule has 0 aliphatic heterocycles. The fourth-order valence-corrected chi connectivity index (χ4v) is 1.97. The molecule has 0 aromatic rings. The molecule has 0 radical (unpaired) electrons. The summed E-state index contributed by atoms with van der Waals surface area (Å²) in [4.78, 5) is 15.9. The van der Waals surface area contributed by atoms with E-state index in [1.54, 1.807) is 0 Å². The van der Waals surface area contributed by atoms with Crippen molar-refractivity contribution in [3.63, 3.8) is 0 Å². The molecule has 0 saturated carbocycles. The molecule has 0 rings (SSSR count). The molecule has 21 heavy (non-hydrogen) atoms. The number of carbonyl (C=O) groups is 1. The fourth-order valence-electron chi connectivity index (χ4n) is 1.97. The Morgan fingerprint density at radius 1 is 1.05 bits per heavy atom. The summed E-state index contributed by atoms with van der Waals surface area (Å²) in [7, 11) is 0. The SMILES string of the molecule is CCCCCCC(C)NC(=NCC(=O)NCCC)NCC. The minimum absolute atomic E-state index is 0.0235. The largest absolute Gasteiger partial charge is 0.357 e. The van der Waals surface area contributed by atoms with Crippen molar-refractivity contribution < 1.29 is 4.79 Å². The normalized spacial score (nSPS) is 12.9. The van der Waals surface area contributed by atoms with E-state index in [-0.39, 0.29) is 12.5 Å². The van der Waals surface area contributed by atoms with E-state index in [9.17, 15) is 4.79 Å². The number of nitrogens with zero attached hydrogens (tertiary/aromatic N) is 1. The van der Waals surface area contributed by atoms with E-state index >= 15 is 0 Å². The van der Waals surface area contributed by atoms with Crippen LogP contribution in [-0.4, -0.2) is 37.5 Å². The lowest BCUT2D eigenvalue weighted by Gasteiger charge is -2.17. The first-order valence-electron chi connectivity index (χ1n) is 8.45. The summed E-state index contributed by atoms with van der Waals surface area (Å²) < 4.78 is 0. The van der Waals surface area contributed by atoms with Gasteiger partial charge in [0.15, 0.2) is 5.96 Å². The average molecular weight is 298 g/mol. The number of amides is 1. The quantitative estimate of drug-likeness (QED) is 0.312. The van der Waals surface area contributed by atoms with Crippen LogP contribution in [0.15, 0.2) is 4.99 Å². The molecule has 0 aliphatic rings. The molecule has 0 spiro atoms. The Balaban J connectivity index is 4.11. The van der Waals surface area contributed by atoms with Gasteiger partial charge in [-0.25, -0.2) is 4.99 Å². The predicted molar refractivity (Wildman–Crippen MR) is 90.6 cm³/mol. The Bertz CT molecular complexity index is 292. The summed E-state index contributed by atoms with van der Waals surface area (Å²) in [5.74, 6) is 0.705. The highest BCUT2D eigenvalue weighted by molar-refractivity contribution is 5.85. The van der Waals surface area contributed by atoms with E-state index in [0.29, 0.717) is 12.6 Å². The molecule has 0 saturated heterocycles. The second-order valence-electron chi connectivity index (χ2n) is 5.44. The number of hydrogen-bond donors (Lipinski definition) is 3. The number of rotatable bonds is 11. The van der Waals surface area contributed by atoms with Gasteiger partial charge in [0.05, 0.1) is 0 Å². The van der Waals surface area contributed by atoms with Gasteiger partial charge in [0.1, 0.15) is 6.54 Å². The molecule has 3 N–H and O–H groups in total. The zero-order chi connectivity index (χ0) is 15.9. The van der Waals surface area contributed by atoms with E-state index in [1.807, 2.05) is 13.8 Å². The summed E-state index contributed by atoms with van der Waals surface area (Å²) in [5, 5.41) is 9.38. The molecule has 0 aromatic heterocycles. The van der Waals surface area contributed by atoms with Gasteiger partial charge in [0.25, 0.3) is 0 Å². The van der Waals surface area contributed by atoms with Gasteiger partial charge in [-0.2, -0.15) is 0 Å². The van der Waals surface area contributed by atoms with E-state index in [2.05, 4.69) is 34.8 Å². The number of hydrogen-bond acceptors (Lipinski definition) is 2. The Morgan fingerprint density at radius 3 is 2.43 bits per heavy atom. The van der Waals surface area contributed by atoms with Gasteiger partial charge in [-0.1, -0.05) is 39.5 Å². The van der Waals surface area contributed by atoms with Crippen molar-refractivity contribution in [2.75, 3.05) is 19.6 Å². The minimum Gasteiger partial charge on any atom is -0.357 e. The molecule has 0 bridgehead atoms. The van der Waals surface area contributed by atoms with Crippen molar-refractivity contribution in [3.05, 3.63) is 0 Å². The topological polar surface area (TPSA) is 65.5 Å². The first-order valence-corrected chi connectivity index (χ1v) is 8.45. The highest BCUT2D eigenvalue weighted by Gasteiger charge is 2.06. The van der Waals surface area contributed by atoms with Crippen molar-refractivity contribution in [2.24, 2.45) is 4.99 Å². The second-order valence-corrected chi connectivity index (χ2v) is 5.44. The fraction of sp³-hybridized carbons (Fsp3) is 0.875. The van der Waals surface area contributed by atoms with Crippen molar-refractivity contribution in [1.29, 1.82) is 0 Å². The lowest BCUT2D eigenvalue weighted by Crippen LogP contribution is -2.43. The smallest absolute Gasteiger partial charge is 0.241 e. The molecule has 0 heterocycles. The van der Waals surface area contributed by atoms with Crippen LogP contribution < -0.4 is 16.0 Å². The molecule has 124 valence electrons. The lowest BCUT2D eigenvalue weighted by molar-refractivity contribution is -0.119. The van der Waals surface area contributed by atoms with Crippen LogP contribution in [0.4, 0.5) is 0 Å². The second kappa shape index (κ2) is 13.7. The van der Waals surface area contributed by atoms with Crippen LogP contribution in [0.2, 0.25) is 0 Å². The van der Waals surface area contributed by atoms with Crippen LogP contribution in [-0.2, 0) is 4.79 Å². The first kappa shape index (κ1) is 19.7. The third-order valence-corrected chi connectivity index (χ3v) is 3.17. The van der Waals surface area contributed by atoms with Gasteiger partial charge in [-0.15, -0.1) is 0 Å². The van der Waals surface area contributed by atoms with Gasteiger partial charge in [0, 0.05) is 19.1 Å². The maximum atomic E-state index is 11.6. The minimum atomic E-state index is -0.0235. The van der Waals surface area contributed by atoms with Gasteiger partial charge in [0.2, 0.25) is 5.91 Å². The van der Waals surface area contributed by atoms with Gasteiger partial charge >= 0.3 is 0 Å². The third kappa shape index (κ3) is 12.2. The van der Waals surface area contributed by atoms with Crippen LogP contribution in [0.1, 0.15) is 66.2 Å². The summed E-state index contributed by atoms with van der Waals surface area (Å²) in [6.07, 6.45) is 7.17. The Labute approximate surface area is 130 Å². The van der Waals surface area contributed by atoms with Crippen LogP contribution in [0.5, 0.6) is 0 Å². The van der Waals surface area contributed by atoms with Gasteiger partial charge in [-0.3, -0.25) is 4.79 Å². The van der Waals surface area contributed by atoms with Crippen molar-refractivity contribution in [3.8, 4) is 0 Å². The van der Waals surface area contributed by atoms with Crippen LogP contribution in [0, 0.1) is 0 Å². The predicted octanol–water partition coefficient (Wildman–Crippen LogP) is 2.43. The monoisotopic (exact) mass is 298 g/mol. The number of guanidine groups is 1. The molecule has 0 aliphatic carbocycles. The van der Waals surface area contributed by atoms with E-state index < -0.39 is 0 Å². The molecule has 5 nitrogen and oxygen atoms in total. The standard InChI is InChI=1S/C16H34N4O/c1-5-8-9-10-11-14(4)20-16(17-7-3)19-13-15(21)18-12-6-2/h14H,5-13H2,1-4H3,(H,18,21)(H2,17,19,20). The van der Waals surface area contributed by atoms with E-state index in [4.69, 9.17) is 0 Å². The highest BCUT2D eigenvalue weighted by Crippen LogP contribution is 2.05. The third-order valence-electron chi connectivity index (χ3n) is 3.17. The zero-order valence-electron chi connectivity index (χ0n) is 14.3. The molecule has 0 aromatic carbocycles. The number of nitrogens with one attached hydrogen (secondary N) is 3. The molecular weight excluding hydrogens is 264 g/mol. The summed E-state index contributed by atoms with van der Waals surface area (Å²) in [6, 6.07) is 0.373. The van der Waals surface area contributed by atoms with E-state index in [0.717, 1.165) is 25.3 Å².